The summed E-state index contributed by atoms with van der Waals surface area (Å²) in [5.74, 6) is 1.52. The summed E-state index contributed by atoms with van der Waals surface area (Å²) < 4.78 is 0. The van der Waals surface area contributed by atoms with Crippen LogP contribution >= 0.6 is 23.1 Å². The summed E-state index contributed by atoms with van der Waals surface area (Å²) >= 11 is 2.94. The second-order valence-corrected chi connectivity index (χ2v) is 8.28. The number of rotatable bonds is 8. The fourth-order valence-corrected chi connectivity index (χ4v) is 3.91. The molecule has 0 radical (unpaired) electrons. The molecular formula is C19H22N4OS2. The van der Waals surface area contributed by atoms with Gasteiger partial charge in [-0.05, 0) is 29.3 Å². The van der Waals surface area contributed by atoms with Crippen LogP contribution in [0.15, 0.2) is 53.0 Å². The minimum Gasteiger partial charge on any atom is -0.349 e. The molecule has 0 aliphatic rings. The third kappa shape index (κ3) is 5.19. The first kappa shape index (κ1) is 18.7. The Morgan fingerprint density at radius 3 is 2.73 bits per heavy atom. The normalized spacial score (nSPS) is 12.3. The van der Waals surface area contributed by atoms with E-state index in [2.05, 4.69) is 46.5 Å². The zero-order valence-corrected chi connectivity index (χ0v) is 16.4. The number of nitrogens with zero attached hydrogens (tertiary/aromatic N) is 2. The molecule has 3 rings (SSSR count). The van der Waals surface area contributed by atoms with Crippen molar-refractivity contribution in [2.24, 2.45) is 5.92 Å². The van der Waals surface area contributed by atoms with Crippen molar-refractivity contribution in [1.29, 1.82) is 0 Å². The minimum atomic E-state index is -0.00743. The van der Waals surface area contributed by atoms with Gasteiger partial charge in [-0.1, -0.05) is 62.0 Å². The number of H-pyrrole nitrogens is 1. The van der Waals surface area contributed by atoms with E-state index in [1.54, 1.807) is 11.3 Å². The number of thioether (sulfide) groups is 1. The van der Waals surface area contributed by atoms with Crippen LogP contribution in [0.1, 0.15) is 31.9 Å². The second-order valence-electron chi connectivity index (χ2n) is 6.39. The van der Waals surface area contributed by atoms with Crippen molar-refractivity contribution in [2.45, 2.75) is 31.5 Å². The number of aromatic nitrogens is 3. The summed E-state index contributed by atoms with van der Waals surface area (Å²) in [7, 11) is 0. The zero-order chi connectivity index (χ0) is 18.4. The number of nitrogens with one attached hydrogen (secondary N) is 2. The van der Waals surface area contributed by atoms with Gasteiger partial charge < -0.3 is 5.32 Å². The lowest BCUT2D eigenvalue weighted by atomic mass is 9.97. The van der Waals surface area contributed by atoms with Crippen molar-refractivity contribution < 1.29 is 4.79 Å². The first-order valence-electron chi connectivity index (χ1n) is 8.55. The van der Waals surface area contributed by atoms with Crippen molar-refractivity contribution in [1.82, 2.24) is 20.5 Å². The van der Waals surface area contributed by atoms with E-state index in [1.807, 2.05) is 35.7 Å². The Hall–Kier alpha value is -2.12. The van der Waals surface area contributed by atoms with Gasteiger partial charge in [0.2, 0.25) is 11.1 Å². The van der Waals surface area contributed by atoms with Crippen molar-refractivity contribution in [2.75, 3.05) is 5.75 Å². The maximum absolute atomic E-state index is 12.4. The molecule has 0 aliphatic heterocycles. The molecule has 2 heterocycles. The molecule has 0 spiro atoms. The zero-order valence-electron chi connectivity index (χ0n) is 14.8. The number of hydrogen-bond donors (Lipinski definition) is 2. The van der Waals surface area contributed by atoms with Gasteiger partial charge >= 0.3 is 0 Å². The van der Waals surface area contributed by atoms with Crippen LogP contribution in [0.3, 0.4) is 0 Å². The topological polar surface area (TPSA) is 70.7 Å². The van der Waals surface area contributed by atoms with Gasteiger partial charge in [0.1, 0.15) is 0 Å². The average molecular weight is 387 g/mol. The van der Waals surface area contributed by atoms with E-state index in [-0.39, 0.29) is 11.9 Å². The van der Waals surface area contributed by atoms with E-state index >= 15 is 0 Å². The first-order valence-corrected chi connectivity index (χ1v) is 10.4. The van der Waals surface area contributed by atoms with Crippen molar-refractivity contribution in [3.05, 3.63) is 53.4 Å². The molecule has 136 valence electrons. The Morgan fingerprint density at radius 1 is 1.23 bits per heavy atom. The number of carbonyl (C=O) groups excluding carboxylic acids is 1. The van der Waals surface area contributed by atoms with E-state index < -0.39 is 0 Å². The van der Waals surface area contributed by atoms with E-state index in [4.69, 9.17) is 0 Å². The molecule has 3 aromatic rings. The quantitative estimate of drug-likeness (QED) is 0.558. The second kappa shape index (κ2) is 9.00. The molecule has 1 atom stereocenters. The summed E-state index contributed by atoms with van der Waals surface area (Å²) in [4.78, 5) is 17.9. The van der Waals surface area contributed by atoms with Gasteiger partial charge in [-0.15, -0.1) is 16.4 Å². The van der Waals surface area contributed by atoms with E-state index in [0.29, 0.717) is 16.8 Å². The maximum atomic E-state index is 12.4. The maximum Gasteiger partial charge on any atom is 0.230 e. The number of aromatic amines is 1. The highest BCUT2D eigenvalue weighted by atomic mass is 32.2. The average Bonchev–Trinajstić information content (AvgIpc) is 3.31. The standard InChI is InChI=1S/C19H22N4OS2/c1-13(2)11-15(14-7-4-3-5-8-14)20-17(24)12-26-19-21-18(22-23-19)16-9-6-10-25-16/h3-10,13,15H,11-12H2,1-2H3,(H,20,24)(H,21,22,23)/t15-/m0/s1. The van der Waals surface area contributed by atoms with Crippen LogP contribution in [-0.2, 0) is 4.79 Å². The highest BCUT2D eigenvalue weighted by molar-refractivity contribution is 7.99. The molecule has 0 saturated heterocycles. The molecule has 1 amide bonds. The van der Waals surface area contributed by atoms with E-state index in [0.717, 1.165) is 22.7 Å². The fraction of sp³-hybridized carbons (Fsp3) is 0.316. The number of amides is 1. The summed E-state index contributed by atoms with van der Waals surface area (Å²) in [6.07, 6.45) is 0.906. The highest BCUT2D eigenvalue weighted by Crippen LogP contribution is 2.24. The Kier molecular flexibility index (Phi) is 6.46. The minimum absolute atomic E-state index is 0.00743. The Bertz CT molecular complexity index is 815. The smallest absolute Gasteiger partial charge is 0.230 e. The van der Waals surface area contributed by atoms with Crippen LogP contribution < -0.4 is 5.32 Å². The molecule has 7 heteroatoms. The van der Waals surface area contributed by atoms with E-state index in [1.165, 1.54) is 11.8 Å². The van der Waals surface area contributed by atoms with Gasteiger partial charge in [0.25, 0.3) is 0 Å². The highest BCUT2D eigenvalue weighted by Gasteiger charge is 2.17. The molecule has 0 fully saturated rings. The Balaban J connectivity index is 1.57. The SMILES string of the molecule is CC(C)C[C@H](NC(=O)CSc1n[nH]c(-c2cccs2)n1)c1ccccc1. The number of carbonyl (C=O) groups is 1. The van der Waals surface area contributed by atoms with Crippen LogP contribution in [0.4, 0.5) is 0 Å². The summed E-state index contributed by atoms with van der Waals surface area (Å²) in [5, 5.41) is 12.8. The Morgan fingerprint density at radius 2 is 2.04 bits per heavy atom. The third-order valence-electron chi connectivity index (χ3n) is 3.80. The number of hydrogen-bond acceptors (Lipinski definition) is 5. The molecule has 0 bridgehead atoms. The summed E-state index contributed by atoms with van der Waals surface area (Å²) in [6.45, 7) is 4.33. The lowest BCUT2D eigenvalue weighted by molar-refractivity contribution is -0.119. The largest absolute Gasteiger partial charge is 0.349 e. The van der Waals surface area contributed by atoms with Crippen LogP contribution in [0.2, 0.25) is 0 Å². The molecule has 5 nitrogen and oxygen atoms in total. The van der Waals surface area contributed by atoms with Crippen LogP contribution in [0, 0.1) is 5.92 Å². The molecule has 2 aromatic heterocycles. The van der Waals surface area contributed by atoms with E-state index in [9.17, 15) is 4.79 Å². The Labute approximate surface area is 161 Å². The molecule has 0 aliphatic carbocycles. The fourth-order valence-electron chi connectivity index (χ4n) is 2.64. The molecular weight excluding hydrogens is 364 g/mol. The van der Waals surface area contributed by atoms with Crippen LogP contribution in [-0.4, -0.2) is 26.8 Å². The van der Waals surface area contributed by atoms with Crippen molar-refractivity contribution in [3.8, 4) is 10.7 Å². The third-order valence-corrected chi connectivity index (χ3v) is 5.52. The lowest BCUT2D eigenvalue weighted by Crippen LogP contribution is -2.30. The van der Waals surface area contributed by atoms with Gasteiger partial charge in [0.05, 0.1) is 16.7 Å². The molecule has 2 N–H and O–H groups in total. The van der Waals surface area contributed by atoms with Crippen LogP contribution in [0.5, 0.6) is 0 Å². The number of benzene rings is 1. The number of thiophene rings is 1. The molecule has 0 saturated carbocycles. The van der Waals surface area contributed by atoms with Gasteiger partial charge in [0, 0.05) is 0 Å². The summed E-state index contributed by atoms with van der Waals surface area (Å²) in [6, 6.07) is 14.1. The first-order chi connectivity index (χ1) is 12.6. The van der Waals surface area contributed by atoms with Crippen molar-refractivity contribution in [3.63, 3.8) is 0 Å². The molecule has 26 heavy (non-hydrogen) atoms. The molecule has 1 aromatic carbocycles. The predicted molar refractivity (Wildman–Crippen MR) is 107 cm³/mol. The van der Waals surface area contributed by atoms with Gasteiger partial charge in [-0.3, -0.25) is 9.89 Å². The molecule has 0 unspecified atom stereocenters. The van der Waals surface area contributed by atoms with Gasteiger partial charge in [0.15, 0.2) is 5.82 Å². The van der Waals surface area contributed by atoms with Crippen LogP contribution in [0.25, 0.3) is 10.7 Å². The lowest BCUT2D eigenvalue weighted by Gasteiger charge is -2.21. The van der Waals surface area contributed by atoms with Crippen molar-refractivity contribution >= 4 is 29.0 Å². The summed E-state index contributed by atoms with van der Waals surface area (Å²) in [5.41, 5.74) is 1.14. The monoisotopic (exact) mass is 386 g/mol. The van der Waals surface area contributed by atoms with Gasteiger partial charge in [-0.2, -0.15) is 0 Å². The predicted octanol–water partition coefficient (Wildman–Crippen LogP) is 4.53. The van der Waals surface area contributed by atoms with Gasteiger partial charge in [-0.25, -0.2) is 4.98 Å².